The number of ether oxygens (including phenoxy) is 1. The normalized spacial score (nSPS) is 15.0. The van der Waals surface area contributed by atoms with Crippen molar-refractivity contribution in [2.24, 2.45) is 0 Å². The molecule has 1 N–H and O–H groups in total. The van der Waals surface area contributed by atoms with Gasteiger partial charge in [0.25, 0.3) is 0 Å². The van der Waals surface area contributed by atoms with Crippen LogP contribution < -0.4 is 5.32 Å². The number of hydrogen-bond acceptors (Lipinski definition) is 6. The minimum Gasteiger partial charge on any atom is -0.450 e. The molecule has 1 aliphatic heterocycles. The van der Waals surface area contributed by atoms with E-state index in [1.807, 2.05) is 0 Å². The first-order chi connectivity index (χ1) is 14.8. The largest absolute Gasteiger partial charge is 0.450 e. The summed E-state index contributed by atoms with van der Waals surface area (Å²) in [5.41, 5.74) is 1.12. The predicted octanol–water partition coefficient (Wildman–Crippen LogP) is 1.54. The van der Waals surface area contributed by atoms with Gasteiger partial charge in [0.15, 0.2) is 0 Å². The van der Waals surface area contributed by atoms with Crippen molar-refractivity contribution in [1.82, 2.24) is 29.4 Å². The number of piperazine rings is 1. The molecule has 12 heteroatoms. The lowest BCUT2D eigenvalue weighted by atomic mass is 10.2. The lowest BCUT2D eigenvalue weighted by molar-refractivity contribution is -0.136. The molecule has 168 valence electrons. The van der Waals surface area contributed by atoms with Gasteiger partial charge in [-0.25, -0.2) is 4.79 Å². The lowest BCUT2D eigenvalue weighted by Crippen LogP contribution is -2.52. The van der Waals surface area contributed by atoms with E-state index in [9.17, 15) is 14.4 Å². The summed E-state index contributed by atoms with van der Waals surface area (Å²) in [6, 6.07) is -0.552. The van der Waals surface area contributed by atoms with Gasteiger partial charge in [0.2, 0.25) is 11.8 Å². The third-order valence-corrected chi connectivity index (χ3v) is 5.16. The van der Waals surface area contributed by atoms with Gasteiger partial charge in [-0.05, 0) is 20.8 Å². The van der Waals surface area contributed by atoms with Crippen molar-refractivity contribution in [2.45, 2.75) is 33.4 Å². The molecule has 3 heterocycles. The van der Waals surface area contributed by atoms with Crippen molar-refractivity contribution in [2.75, 3.05) is 38.1 Å². The Morgan fingerprint density at radius 2 is 1.87 bits per heavy atom. The highest BCUT2D eigenvalue weighted by atomic mass is 35.5. The molecule has 0 bridgehead atoms. The summed E-state index contributed by atoms with van der Waals surface area (Å²) in [6.45, 7) is 7.31. The molecule has 3 amide bonds. The Morgan fingerprint density at radius 1 is 1.19 bits per heavy atom. The maximum absolute atomic E-state index is 12.9. The van der Waals surface area contributed by atoms with E-state index in [2.05, 4.69) is 15.5 Å². The molecule has 1 fully saturated rings. The van der Waals surface area contributed by atoms with Gasteiger partial charge >= 0.3 is 6.09 Å². The number of amides is 3. The third kappa shape index (κ3) is 5.54. The Morgan fingerprint density at radius 3 is 2.48 bits per heavy atom. The molecule has 1 aliphatic rings. The number of hydrogen-bond donors (Lipinski definition) is 1. The molecule has 0 aliphatic carbocycles. The van der Waals surface area contributed by atoms with Crippen LogP contribution in [0.4, 0.5) is 10.5 Å². The zero-order valence-corrected chi connectivity index (χ0v) is 18.5. The van der Waals surface area contributed by atoms with Crippen molar-refractivity contribution in [3.05, 3.63) is 29.3 Å². The maximum atomic E-state index is 12.9. The van der Waals surface area contributed by atoms with Gasteiger partial charge < -0.3 is 19.9 Å². The number of nitrogens with one attached hydrogen (secondary N) is 1. The van der Waals surface area contributed by atoms with Crippen LogP contribution in [0, 0.1) is 6.92 Å². The second-order valence-corrected chi connectivity index (χ2v) is 7.64. The van der Waals surface area contributed by atoms with Crippen LogP contribution in [0.1, 0.15) is 25.6 Å². The molecule has 31 heavy (non-hydrogen) atoms. The van der Waals surface area contributed by atoms with Crippen LogP contribution >= 0.6 is 11.6 Å². The smallest absolute Gasteiger partial charge is 0.409 e. The van der Waals surface area contributed by atoms with Crippen LogP contribution in [0.2, 0.25) is 5.02 Å². The molecule has 1 atom stereocenters. The highest BCUT2D eigenvalue weighted by molar-refractivity contribution is 6.30. The fourth-order valence-corrected chi connectivity index (χ4v) is 3.42. The van der Waals surface area contributed by atoms with E-state index >= 15 is 0 Å². The summed E-state index contributed by atoms with van der Waals surface area (Å²) in [7, 11) is 0. The van der Waals surface area contributed by atoms with E-state index < -0.39 is 6.04 Å². The summed E-state index contributed by atoms with van der Waals surface area (Å²) >= 11 is 5.81. The van der Waals surface area contributed by atoms with Crippen molar-refractivity contribution in [3.8, 4) is 0 Å². The number of aromatic nitrogens is 4. The van der Waals surface area contributed by atoms with Crippen LogP contribution in [0.3, 0.4) is 0 Å². The van der Waals surface area contributed by atoms with Crippen LogP contribution in [0.5, 0.6) is 0 Å². The fourth-order valence-electron chi connectivity index (χ4n) is 3.27. The van der Waals surface area contributed by atoms with Crippen LogP contribution in [-0.4, -0.2) is 80.1 Å². The van der Waals surface area contributed by atoms with E-state index in [0.29, 0.717) is 49.2 Å². The predicted molar refractivity (Wildman–Crippen MR) is 113 cm³/mol. The van der Waals surface area contributed by atoms with E-state index in [0.717, 1.165) is 0 Å². The van der Waals surface area contributed by atoms with Crippen molar-refractivity contribution < 1.29 is 19.1 Å². The molecule has 2 aromatic rings. The number of aryl methyl sites for hydroxylation is 1. The van der Waals surface area contributed by atoms with E-state index in [-0.39, 0.29) is 24.5 Å². The molecule has 3 rings (SSSR count). The molecule has 2 aromatic heterocycles. The summed E-state index contributed by atoms with van der Waals surface area (Å²) in [5.74, 6) is -0.383. The van der Waals surface area contributed by atoms with Gasteiger partial charge in [-0.15, -0.1) is 0 Å². The van der Waals surface area contributed by atoms with Gasteiger partial charge in [-0.2, -0.15) is 10.2 Å². The summed E-state index contributed by atoms with van der Waals surface area (Å²) < 4.78 is 7.97. The Hall–Kier alpha value is -3.08. The zero-order valence-electron chi connectivity index (χ0n) is 17.7. The minimum atomic E-state index is -0.552. The standard InChI is InChI=1S/C19H26ClN7O4/c1-4-31-19(30)25-7-5-24(6-8-25)18(29)14(3)27-11-16(13(2)23-27)22-17(28)12-26-10-15(20)9-21-26/h9-11,14H,4-8,12H2,1-3H3,(H,22,28). The first-order valence-electron chi connectivity index (χ1n) is 10.0. The molecular formula is C19H26ClN7O4. The number of anilines is 1. The minimum absolute atomic E-state index is 0.0105. The quantitative estimate of drug-likeness (QED) is 0.712. The Bertz CT molecular complexity index is 949. The second kappa shape index (κ2) is 9.82. The molecule has 1 saturated heterocycles. The number of carbonyl (C=O) groups excluding carboxylic acids is 3. The molecule has 1 unspecified atom stereocenters. The van der Waals surface area contributed by atoms with E-state index in [4.69, 9.17) is 16.3 Å². The number of nitrogens with zero attached hydrogens (tertiary/aromatic N) is 6. The average molecular weight is 452 g/mol. The number of rotatable bonds is 6. The molecule has 11 nitrogen and oxygen atoms in total. The fraction of sp³-hybridized carbons (Fsp3) is 0.526. The van der Waals surface area contributed by atoms with Gasteiger partial charge in [0.1, 0.15) is 12.6 Å². The van der Waals surface area contributed by atoms with Gasteiger partial charge in [-0.1, -0.05) is 11.6 Å². The first-order valence-corrected chi connectivity index (χ1v) is 10.4. The SMILES string of the molecule is CCOC(=O)N1CCN(C(=O)C(C)n2cc(NC(=O)Cn3cc(Cl)cn3)c(C)n2)CC1. The summed E-state index contributed by atoms with van der Waals surface area (Å²) in [4.78, 5) is 40.3. The first kappa shape index (κ1) is 22.6. The van der Waals surface area contributed by atoms with Crippen molar-refractivity contribution in [3.63, 3.8) is 0 Å². The van der Waals surface area contributed by atoms with E-state index in [1.165, 1.54) is 15.6 Å². The Labute approximate surface area is 184 Å². The molecule has 0 saturated carbocycles. The Kier molecular flexibility index (Phi) is 7.16. The number of carbonyl (C=O) groups is 3. The van der Waals surface area contributed by atoms with Crippen LogP contribution in [-0.2, 0) is 20.9 Å². The van der Waals surface area contributed by atoms with Crippen molar-refractivity contribution in [1.29, 1.82) is 0 Å². The maximum Gasteiger partial charge on any atom is 0.409 e. The number of halogens is 1. The highest BCUT2D eigenvalue weighted by Gasteiger charge is 2.29. The second-order valence-electron chi connectivity index (χ2n) is 7.20. The third-order valence-electron chi connectivity index (χ3n) is 4.97. The lowest BCUT2D eigenvalue weighted by Gasteiger charge is -2.35. The Balaban J connectivity index is 1.57. The molecule has 0 radical (unpaired) electrons. The van der Waals surface area contributed by atoms with Crippen LogP contribution in [0.25, 0.3) is 0 Å². The summed E-state index contributed by atoms with van der Waals surface area (Å²) in [6.07, 6.45) is 4.29. The summed E-state index contributed by atoms with van der Waals surface area (Å²) in [5, 5.41) is 11.6. The van der Waals surface area contributed by atoms with E-state index in [1.54, 1.807) is 43.0 Å². The zero-order chi connectivity index (χ0) is 22.5. The molecule has 0 spiro atoms. The molecular weight excluding hydrogens is 426 g/mol. The average Bonchev–Trinajstić information content (AvgIpc) is 3.32. The van der Waals surface area contributed by atoms with Gasteiger partial charge in [0.05, 0.1) is 29.2 Å². The monoisotopic (exact) mass is 451 g/mol. The van der Waals surface area contributed by atoms with Crippen molar-refractivity contribution >= 4 is 35.2 Å². The highest BCUT2D eigenvalue weighted by Crippen LogP contribution is 2.19. The topological polar surface area (TPSA) is 115 Å². The van der Waals surface area contributed by atoms with Crippen LogP contribution in [0.15, 0.2) is 18.6 Å². The van der Waals surface area contributed by atoms with Gasteiger partial charge in [-0.3, -0.25) is 19.0 Å². The van der Waals surface area contributed by atoms with Gasteiger partial charge in [0, 0.05) is 38.6 Å². The molecule has 0 aromatic carbocycles.